The second-order valence-electron chi connectivity index (χ2n) is 6.35. The Hall–Kier alpha value is -2.12. The lowest BCUT2D eigenvalue weighted by Gasteiger charge is -2.13. The second kappa shape index (κ2) is 7.63. The minimum Gasteiger partial charge on any atom is -0.351 e. The highest BCUT2D eigenvalue weighted by Gasteiger charge is 2.31. The molecule has 1 aliphatic carbocycles. The van der Waals surface area contributed by atoms with Crippen molar-refractivity contribution in [3.8, 4) is 10.7 Å². The molecule has 1 unspecified atom stereocenters. The van der Waals surface area contributed by atoms with Crippen molar-refractivity contribution in [3.05, 3.63) is 53.4 Å². The van der Waals surface area contributed by atoms with E-state index < -0.39 is 0 Å². The van der Waals surface area contributed by atoms with E-state index in [9.17, 15) is 4.79 Å². The highest BCUT2D eigenvalue weighted by Crippen LogP contribution is 2.42. The molecule has 0 saturated heterocycles. The second-order valence-corrected chi connectivity index (χ2v) is 8.60. The SMILES string of the molecule is CC(Sc1nnc(-c2cccs2)n1C1CC1)C(=O)NCc1ccccc1. The smallest absolute Gasteiger partial charge is 0.233 e. The number of nitrogens with zero attached hydrogens (tertiary/aromatic N) is 3. The zero-order valence-corrected chi connectivity index (χ0v) is 16.1. The summed E-state index contributed by atoms with van der Waals surface area (Å²) >= 11 is 3.15. The highest BCUT2D eigenvalue weighted by molar-refractivity contribution is 8.00. The number of nitrogens with one attached hydrogen (secondary N) is 1. The quantitative estimate of drug-likeness (QED) is 0.622. The van der Waals surface area contributed by atoms with E-state index in [0.717, 1.165) is 34.3 Å². The van der Waals surface area contributed by atoms with Crippen molar-refractivity contribution in [1.29, 1.82) is 0 Å². The molecule has 1 saturated carbocycles. The molecular formula is C19H20N4OS2. The molecule has 2 aromatic heterocycles. The van der Waals surface area contributed by atoms with Gasteiger partial charge in [0.05, 0.1) is 10.1 Å². The van der Waals surface area contributed by atoms with Crippen molar-refractivity contribution in [2.45, 2.75) is 42.8 Å². The average Bonchev–Trinajstić information content (AvgIpc) is 3.18. The number of thiophene rings is 1. The molecule has 26 heavy (non-hydrogen) atoms. The van der Waals surface area contributed by atoms with Gasteiger partial charge in [-0.25, -0.2) is 0 Å². The summed E-state index contributed by atoms with van der Waals surface area (Å²) in [4.78, 5) is 13.6. The first-order valence-corrected chi connectivity index (χ1v) is 10.5. The standard InChI is InChI=1S/C19H20N4OS2/c1-13(18(24)20-12-14-6-3-2-4-7-14)26-19-22-21-17(16-8-5-11-25-16)23(19)15-9-10-15/h2-8,11,13,15H,9-10,12H2,1H3,(H,20,24). The van der Waals surface area contributed by atoms with Gasteiger partial charge in [0.1, 0.15) is 0 Å². The van der Waals surface area contributed by atoms with E-state index in [-0.39, 0.29) is 11.2 Å². The van der Waals surface area contributed by atoms with Gasteiger partial charge in [0.25, 0.3) is 0 Å². The van der Waals surface area contributed by atoms with Gasteiger partial charge in [0.15, 0.2) is 11.0 Å². The van der Waals surface area contributed by atoms with Crippen LogP contribution < -0.4 is 5.32 Å². The molecule has 0 radical (unpaired) electrons. The summed E-state index contributed by atoms with van der Waals surface area (Å²) in [5, 5.41) is 14.4. The number of hydrogen-bond donors (Lipinski definition) is 1. The fraction of sp³-hybridized carbons (Fsp3) is 0.316. The summed E-state index contributed by atoms with van der Waals surface area (Å²) in [6, 6.07) is 14.5. The average molecular weight is 385 g/mol. The summed E-state index contributed by atoms with van der Waals surface area (Å²) in [6.45, 7) is 2.46. The number of carbonyl (C=O) groups excluding carboxylic acids is 1. The van der Waals surface area contributed by atoms with Crippen molar-refractivity contribution >= 4 is 29.0 Å². The van der Waals surface area contributed by atoms with E-state index in [2.05, 4.69) is 26.1 Å². The third kappa shape index (κ3) is 3.83. The molecule has 5 nitrogen and oxygen atoms in total. The van der Waals surface area contributed by atoms with Crippen LogP contribution in [0.25, 0.3) is 10.7 Å². The molecule has 0 aliphatic heterocycles. The van der Waals surface area contributed by atoms with E-state index in [1.54, 1.807) is 11.3 Å². The summed E-state index contributed by atoms with van der Waals surface area (Å²) in [7, 11) is 0. The number of aromatic nitrogens is 3. The Morgan fingerprint density at radius 2 is 2.08 bits per heavy atom. The van der Waals surface area contributed by atoms with Crippen molar-refractivity contribution in [2.75, 3.05) is 0 Å². The van der Waals surface area contributed by atoms with Gasteiger partial charge in [-0.3, -0.25) is 9.36 Å². The number of amides is 1. The summed E-state index contributed by atoms with van der Waals surface area (Å²) < 4.78 is 2.21. The van der Waals surface area contributed by atoms with Gasteiger partial charge in [0, 0.05) is 12.6 Å². The first-order valence-electron chi connectivity index (χ1n) is 8.69. The van der Waals surface area contributed by atoms with Gasteiger partial charge in [-0.2, -0.15) is 0 Å². The Morgan fingerprint density at radius 1 is 1.27 bits per heavy atom. The highest BCUT2D eigenvalue weighted by atomic mass is 32.2. The van der Waals surface area contributed by atoms with Crippen LogP contribution in [0.3, 0.4) is 0 Å². The lowest BCUT2D eigenvalue weighted by Crippen LogP contribution is -2.30. The van der Waals surface area contributed by atoms with Crippen LogP contribution in [0.2, 0.25) is 0 Å². The van der Waals surface area contributed by atoms with E-state index in [4.69, 9.17) is 0 Å². The van der Waals surface area contributed by atoms with Crippen LogP contribution in [-0.4, -0.2) is 25.9 Å². The Morgan fingerprint density at radius 3 is 2.77 bits per heavy atom. The molecule has 1 atom stereocenters. The van der Waals surface area contributed by atoms with Crippen LogP contribution in [0, 0.1) is 0 Å². The van der Waals surface area contributed by atoms with Gasteiger partial charge in [-0.1, -0.05) is 48.2 Å². The molecule has 3 aromatic rings. The number of benzene rings is 1. The zero-order chi connectivity index (χ0) is 17.9. The zero-order valence-electron chi connectivity index (χ0n) is 14.5. The molecule has 1 fully saturated rings. The molecule has 1 N–H and O–H groups in total. The Bertz CT molecular complexity index is 872. The molecule has 7 heteroatoms. The fourth-order valence-electron chi connectivity index (χ4n) is 2.73. The van der Waals surface area contributed by atoms with Gasteiger partial charge in [-0.05, 0) is 36.8 Å². The first-order chi connectivity index (χ1) is 12.7. The number of rotatable bonds is 7. The van der Waals surface area contributed by atoms with Gasteiger partial charge in [-0.15, -0.1) is 21.5 Å². The van der Waals surface area contributed by atoms with E-state index in [1.165, 1.54) is 11.8 Å². The topological polar surface area (TPSA) is 59.8 Å². The normalized spacial score (nSPS) is 15.0. The maximum absolute atomic E-state index is 12.5. The minimum absolute atomic E-state index is 0.0156. The Kier molecular flexibility index (Phi) is 5.08. The predicted octanol–water partition coefficient (Wildman–Crippen LogP) is 4.14. The third-order valence-corrected chi connectivity index (χ3v) is 6.20. The van der Waals surface area contributed by atoms with E-state index >= 15 is 0 Å². The van der Waals surface area contributed by atoms with Gasteiger partial charge < -0.3 is 5.32 Å². The van der Waals surface area contributed by atoms with Gasteiger partial charge in [0.2, 0.25) is 5.91 Å². The molecule has 134 valence electrons. The number of thioether (sulfide) groups is 1. The van der Waals surface area contributed by atoms with Crippen LogP contribution in [0.15, 0.2) is 53.0 Å². The van der Waals surface area contributed by atoms with E-state index in [0.29, 0.717) is 12.6 Å². The molecule has 1 aliphatic rings. The molecule has 0 spiro atoms. The fourth-order valence-corrected chi connectivity index (χ4v) is 4.38. The third-order valence-electron chi connectivity index (χ3n) is 4.28. The van der Waals surface area contributed by atoms with Crippen LogP contribution in [0.5, 0.6) is 0 Å². The Balaban J connectivity index is 1.44. The molecule has 4 rings (SSSR count). The van der Waals surface area contributed by atoms with Crippen molar-refractivity contribution in [2.24, 2.45) is 0 Å². The van der Waals surface area contributed by atoms with Crippen LogP contribution in [0.4, 0.5) is 0 Å². The molecular weight excluding hydrogens is 364 g/mol. The molecule has 1 aromatic carbocycles. The summed E-state index contributed by atoms with van der Waals surface area (Å²) in [6.07, 6.45) is 2.30. The Labute approximate surface area is 160 Å². The lowest BCUT2D eigenvalue weighted by atomic mass is 10.2. The van der Waals surface area contributed by atoms with Gasteiger partial charge >= 0.3 is 0 Å². The monoisotopic (exact) mass is 384 g/mol. The van der Waals surface area contributed by atoms with Crippen LogP contribution in [0.1, 0.15) is 31.4 Å². The summed E-state index contributed by atoms with van der Waals surface area (Å²) in [5.74, 6) is 0.934. The lowest BCUT2D eigenvalue weighted by molar-refractivity contribution is -0.120. The van der Waals surface area contributed by atoms with Crippen molar-refractivity contribution in [3.63, 3.8) is 0 Å². The number of hydrogen-bond acceptors (Lipinski definition) is 5. The number of carbonyl (C=O) groups is 1. The molecule has 0 bridgehead atoms. The largest absolute Gasteiger partial charge is 0.351 e. The van der Waals surface area contributed by atoms with Crippen molar-refractivity contribution < 1.29 is 4.79 Å². The maximum Gasteiger partial charge on any atom is 0.233 e. The molecule has 1 amide bonds. The van der Waals surface area contributed by atoms with E-state index in [1.807, 2.05) is 48.7 Å². The van der Waals surface area contributed by atoms with Crippen LogP contribution in [-0.2, 0) is 11.3 Å². The minimum atomic E-state index is -0.225. The first kappa shape index (κ1) is 17.3. The summed E-state index contributed by atoms with van der Waals surface area (Å²) in [5.41, 5.74) is 1.10. The van der Waals surface area contributed by atoms with Crippen LogP contribution >= 0.6 is 23.1 Å². The predicted molar refractivity (Wildman–Crippen MR) is 105 cm³/mol. The van der Waals surface area contributed by atoms with Crippen molar-refractivity contribution in [1.82, 2.24) is 20.1 Å². The maximum atomic E-state index is 12.5. The molecule has 2 heterocycles.